The van der Waals surface area contributed by atoms with Gasteiger partial charge in [0.1, 0.15) is 0 Å². The monoisotopic (exact) mass is 356 g/mol. The molecule has 0 bridgehead atoms. The molecule has 8 heteroatoms. The second-order valence-electron chi connectivity index (χ2n) is 4.87. The Morgan fingerprint density at radius 1 is 0.808 bits per heavy atom. The van der Waals surface area contributed by atoms with E-state index in [1.807, 2.05) is 0 Å². The van der Waals surface area contributed by atoms with Crippen molar-refractivity contribution in [3.63, 3.8) is 0 Å². The molecule has 0 unspecified atom stereocenters. The summed E-state index contributed by atoms with van der Waals surface area (Å²) >= 11 is 0. The third-order valence-corrected chi connectivity index (χ3v) is 2.84. The number of benzene rings is 1. The Balaban J connectivity index is -0.000000367. The Labute approximate surface area is 151 Å². The van der Waals surface area contributed by atoms with Gasteiger partial charge in [-0.05, 0) is 23.0 Å². The van der Waals surface area contributed by atoms with Gasteiger partial charge in [0.15, 0.2) is 0 Å². The highest BCUT2D eigenvalue weighted by Crippen LogP contribution is 2.39. The van der Waals surface area contributed by atoms with E-state index in [1.165, 1.54) is 11.1 Å². The van der Waals surface area contributed by atoms with Crippen LogP contribution in [-0.2, 0) is 19.2 Å². The van der Waals surface area contributed by atoms with Gasteiger partial charge in [0.05, 0.1) is 0 Å². The van der Waals surface area contributed by atoms with Gasteiger partial charge in [-0.3, -0.25) is 0 Å². The van der Waals surface area contributed by atoms with E-state index in [1.54, 1.807) is 0 Å². The lowest BCUT2D eigenvalue weighted by atomic mass is 9.75. The number of hydrogen-bond acceptors (Lipinski definition) is 8. The highest BCUT2D eigenvalue weighted by atomic mass is 16.1. The highest BCUT2D eigenvalue weighted by Gasteiger charge is 2.24. The molecule has 0 saturated heterocycles. The molecule has 0 saturated carbocycles. The van der Waals surface area contributed by atoms with Crippen LogP contribution in [0.15, 0.2) is 48.6 Å². The Bertz CT molecular complexity index is 650. The van der Waals surface area contributed by atoms with E-state index < -0.39 is 0 Å². The zero-order valence-corrected chi connectivity index (χ0v) is 14.5. The van der Waals surface area contributed by atoms with E-state index in [0.29, 0.717) is 0 Å². The molecule has 1 aliphatic rings. The lowest BCUT2D eigenvalue weighted by molar-refractivity contribution is 0.506. The van der Waals surface area contributed by atoms with Crippen molar-refractivity contribution < 1.29 is 19.2 Å². The molecule has 0 fully saturated rings. The number of isocyanates is 4. The Morgan fingerprint density at radius 3 is 1.54 bits per heavy atom. The van der Waals surface area contributed by atoms with E-state index >= 15 is 0 Å². The van der Waals surface area contributed by atoms with Gasteiger partial charge in [0, 0.05) is 0 Å². The second kappa shape index (κ2) is 19.3. The standard InChI is InChI=1S/C14H16.4CHNO/c1-14(2)11-7-6-10-13(14)12-8-4-3-5-9-12;4*2-1-3/h3-10H,11H2,1-2H3;4*2H. The number of carbonyl (C=O) groups excluding carboxylic acids is 4. The first-order chi connectivity index (χ1) is 12.4. The summed E-state index contributed by atoms with van der Waals surface area (Å²) in [5.74, 6) is 0. The molecular weight excluding hydrogens is 336 g/mol. The van der Waals surface area contributed by atoms with Gasteiger partial charge in [-0.25, -0.2) is 40.8 Å². The Hall–Kier alpha value is -3.78. The summed E-state index contributed by atoms with van der Waals surface area (Å²) in [6.45, 7) is 4.60. The van der Waals surface area contributed by atoms with Crippen LogP contribution in [0.3, 0.4) is 0 Å². The van der Waals surface area contributed by atoms with E-state index in [9.17, 15) is 0 Å². The van der Waals surface area contributed by atoms with Gasteiger partial charge >= 0.3 is 0 Å². The fourth-order valence-corrected chi connectivity index (χ4v) is 1.97. The van der Waals surface area contributed by atoms with Crippen molar-refractivity contribution in [2.75, 3.05) is 0 Å². The maximum atomic E-state index is 8.35. The predicted molar refractivity (Wildman–Crippen MR) is 95.6 cm³/mol. The van der Waals surface area contributed by atoms with E-state index in [-0.39, 0.29) is 5.41 Å². The number of hydrogen-bond donors (Lipinski definition) is 4. The molecule has 0 radical (unpaired) electrons. The van der Waals surface area contributed by atoms with Crippen LogP contribution in [0.1, 0.15) is 25.8 Å². The van der Waals surface area contributed by atoms with Crippen LogP contribution < -0.4 is 0 Å². The van der Waals surface area contributed by atoms with Gasteiger partial charge in [0.2, 0.25) is 24.3 Å². The Morgan fingerprint density at radius 2 is 1.19 bits per heavy atom. The minimum Gasteiger partial charge on any atom is -0.222 e. The molecule has 0 amide bonds. The summed E-state index contributed by atoms with van der Waals surface area (Å²) in [4.78, 5) is 33.4. The van der Waals surface area contributed by atoms with Crippen molar-refractivity contribution in [1.29, 1.82) is 21.6 Å². The van der Waals surface area contributed by atoms with E-state index in [2.05, 4.69) is 62.4 Å². The molecule has 1 aromatic carbocycles. The lowest BCUT2D eigenvalue weighted by Crippen LogP contribution is -2.14. The minimum atomic E-state index is 0.274. The average molecular weight is 356 g/mol. The topological polar surface area (TPSA) is 164 Å². The molecule has 2 rings (SSSR count). The summed E-state index contributed by atoms with van der Waals surface area (Å²) < 4.78 is 0. The summed E-state index contributed by atoms with van der Waals surface area (Å²) in [5, 5.41) is 21.6. The van der Waals surface area contributed by atoms with Crippen LogP contribution in [0.25, 0.3) is 5.57 Å². The third-order valence-electron chi connectivity index (χ3n) is 2.84. The number of nitrogens with one attached hydrogen (secondary N) is 4. The van der Waals surface area contributed by atoms with Gasteiger partial charge in [-0.15, -0.1) is 0 Å². The first kappa shape index (κ1) is 27.1. The lowest BCUT2D eigenvalue weighted by Gasteiger charge is -2.29. The van der Waals surface area contributed by atoms with Crippen molar-refractivity contribution >= 4 is 29.9 Å². The molecule has 0 spiro atoms. The molecular formula is C18H20N4O4. The maximum absolute atomic E-state index is 8.35. The average Bonchev–Trinajstić information content (AvgIpc) is 2.58. The van der Waals surface area contributed by atoms with Gasteiger partial charge in [0.25, 0.3) is 0 Å². The van der Waals surface area contributed by atoms with Crippen LogP contribution in [0, 0.1) is 27.1 Å². The van der Waals surface area contributed by atoms with E-state index in [4.69, 9.17) is 40.8 Å². The molecule has 26 heavy (non-hydrogen) atoms. The van der Waals surface area contributed by atoms with Crippen LogP contribution in [0.5, 0.6) is 0 Å². The Kier molecular flexibility index (Phi) is 20.1. The fourth-order valence-electron chi connectivity index (χ4n) is 1.97. The molecule has 1 aromatic rings. The second-order valence-corrected chi connectivity index (χ2v) is 4.87. The molecule has 0 aliphatic heterocycles. The first-order valence-electron chi connectivity index (χ1n) is 6.94. The third kappa shape index (κ3) is 15.1. The molecule has 0 aromatic heterocycles. The predicted octanol–water partition coefficient (Wildman–Crippen LogP) is 3.66. The van der Waals surface area contributed by atoms with Crippen molar-refractivity contribution in [2.24, 2.45) is 5.41 Å². The van der Waals surface area contributed by atoms with Gasteiger partial charge in [-0.1, -0.05) is 62.4 Å². The van der Waals surface area contributed by atoms with Crippen LogP contribution >= 0.6 is 0 Å². The largest absolute Gasteiger partial charge is 0.231 e. The molecule has 8 nitrogen and oxygen atoms in total. The minimum absolute atomic E-state index is 0.274. The quantitative estimate of drug-likeness (QED) is 0.446. The van der Waals surface area contributed by atoms with E-state index in [0.717, 1.165) is 30.7 Å². The summed E-state index contributed by atoms with van der Waals surface area (Å²) in [6.07, 6.45) is 10.8. The van der Waals surface area contributed by atoms with Gasteiger partial charge in [-0.2, -0.15) is 0 Å². The summed E-state index contributed by atoms with van der Waals surface area (Å²) in [6, 6.07) is 10.6. The first-order valence-corrected chi connectivity index (χ1v) is 6.94. The molecule has 4 N–H and O–H groups in total. The SMILES string of the molecule is CC1(C)CC=CC=C1c1ccccc1.N=C=O.N=C=O.N=C=O.N=C=O. The van der Waals surface area contributed by atoms with Gasteiger partial charge < -0.3 is 0 Å². The van der Waals surface area contributed by atoms with Crippen LogP contribution in [-0.4, -0.2) is 24.3 Å². The summed E-state index contributed by atoms with van der Waals surface area (Å²) in [5.41, 5.74) is 3.07. The smallest absolute Gasteiger partial charge is 0.222 e. The van der Waals surface area contributed by atoms with Crippen molar-refractivity contribution in [3.05, 3.63) is 54.1 Å². The highest BCUT2D eigenvalue weighted by molar-refractivity contribution is 5.72. The molecule has 136 valence electrons. The van der Waals surface area contributed by atoms with Crippen molar-refractivity contribution in [3.8, 4) is 0 Å². The number of rotatable bonds is 1. The maximum Gasteiger partial charge on any atom is 0.231 e. The normalized spacial score (nSPS) is 11.5. The zero-order valence-electron chi connectivity index (χ0n) is 14.5. The van der Waals surface area contributed by atoms with Crippen molar-refractivity contribution in [2.45, 2.75) is 20.3 Å². The van der Waals surface area contributed by atoms with Crippen molar-refractivity contribution in [1.82, 2.24) is 0 Å². The summed E-state index contributed by atoms with van der Waals surface area (Å²) in [7, 11) is 0. The van der Waals surface area contributed by atoms with Crippen LogP contribution in [0.4, 0.5) is 0 Å². The van der Waals surface area contributed by atoms with Crippen LogP contribution in [0.2, 0.25) is 0 Å². The molecule has 1 aliphatic carbocycles. The molecule has 0 atom stereocenters. The number of allylic oxidation sites excluding steroid dienone is 4. The fraction of sp³-hybridized carbons (Fsp3) is 0.222. The zero-order chi connectivity index (χ0) is 20.8. The molecule has 0 heterocycles.